The van der Waals surface area contributed by atoms with Crippen molar-refractivity contribution in [2.45, 2.75) is 306 Å². The number of rotatable bonds is 48. The molecule has 400 valence electrons. The number of hydrogen-bond acceptors (Lipinski definition) is 10. The number of carbonyl (C=O) groups excluding carboxylic acids is 1. The van der Waals surface area contributed by atoms with Gasteiger partial charge in [-0.15, -0.1) is 0 Å². The summed E-state index contributed by atoms with van der Waals surface area (Å²) in [5, 5.41) is 75.7. The highest BCUT2D eigenvalue weighted by molar-refractivity contribution is 5.80. The number of carbonyl (C=O) groups is 1. The Balaban J connectivity index is 2.22. The quantitative estimate of drug-likeness (QED) is 0.0215. The largest absolute Gasteiger partial charge is 0.394 e. The zero-order chi connectivity index (χ0) is 49.7. The lowest BCUT2D eigenvalue weighted by Gasteiger charge is -2.40. The maximum atomic E-state index is 13.0. The monoisotopic (exact) mass is 966 g/mol. The molecule has 0 aliphatic carbocycles. The van der Waals surface area contributed by atoms with Gasteiger partial charge in [0.1, 0.15) is 36.6 Å². The SMILES string of the molecule is CCCC/C=C\CCCCCC(O)C(=O)NC(COC1OC(CO)C(O)C(O)C1O)C(O)C(O)CCC/C=C/CC/C=C/CCCCCCCCCCCCCCCCCCCCCCCCC. The fourth-order valence-electron chi connectivity index (χ4n) is 8.97. The van der Waals surface area contributed by atoms with Crippen molar-refractivity contribution in [3.8, 4) is 0 Å². The van der Waals surface area contributed by atoms with Gasteiger partial charge in [-0.05, 0) is 70.6 Å². The topological polar surface area (TPSA) is 189 Å². The lowest BCUT2D eigenvalue weighted by Crippen LogP contribution is -2.60. The molecular formula is C57H107NO10. The Bertz CT molecular complexity index is 1200. The molecule has 68 heavy (non-hydrogen) atoms. The zero-order valence-electron chi connectivity index (χ0n) is 43.6. The van der Waals surface area contributed by atoms with Gasteiger partial charge in [0.25, 0.3) is 0 Å². The number of unbranched alkanes of at least 4 members (excludes halogenated alkanes) is 30. The minimum absolute atomic E-state index is 0.228. The van der Waals surface area contributed by atoms with E-state index in [4.69, 9.17) is 9.47 Å². The predicted molar refractivity (Wildman–Crippen MR) is 279 cm³/mol. The molecule has 1 aliphatic heterocycles. The van der Waals surface area contributed by atoms with Crippen molar-refractivity contribution in [3.63, 3.8) is 0 Å². The van der Waals surface area contributed by atoms with Crippen molar-refractivity contribution in [2.24, 2.45) is 0 Å². The molecule has 9 unspecified atom stereocenters. The molecule has 0 aromatic carbocycles. The number of aliphatic hydroxyl groups excluding tert-OH is 7. The number of allylic oxidation sites excluding steroid dienone is 6. The second kappa shape index (κ2) is 46.4. The molecule has 11 nitrogen and oxygen atoms in total. The standard InChI is InChI=1S/C57H107NO10/c1-3-5-7-9-11-13-14-15-16-17-18-19-20-21-22-23-24-25-26-27-28-29-30-31-32-33-34-35-37-38-40-42-44-49(60)52(62)48(47-67-57-55(65)54(64)53(63)51(46-59)68-57)58-56(66)50(61)45-43-41-39-36-12-10-8-6-4-2/h10,12,32-33,37-38,48-55,57,59-65H,3-9,11,13-31,34-36,39-47H2,1-2H3,(H,58,66)/b12-10-,33-32+,38-37+. The number of aliphatic hydroxyl groups is 7. The molecule has 0 spiro atoms. The average molecular weight is 966 g/mol. The smallest absolute Gasteiger partial charge is 0.249 e. The van der Waals surface area contributed by atoms with Gasteiger partial charge in [-0.3, -0.25) is 4.79 Å². The highest BCUT2D eigenvalue weighted by Crippen LogP contribution is 2.23. The Labute approximate surface area is 416 Å². The first-order chi connectivity index (χ1) is 33.2. The molecule has 1 saturated heterocycles. The van der Waals surface area contributed by atoms with Crippen molar-refractivity contribution in [3.05, 3.63) is 36.5 Å². The minimum atomic E-state index is -1.67. The van der Waals surface area contributed by atoms with Crippen LogP contribution in [0.3, 0.4) is 0 Å². The van der Waals surface area contributed by atoms with Gasteiger partial charge in [-0.2, -0.15) is 0 Å². The van der Waals surface area contributed by atoms with E-state index in [1.807, 2.05) is 0 Å². The van der Waals surface area contributed by atoms with Crippen molar-refractivity contribution >= 4 is 5.91 Å². The summed E-state index contributed by atoms with van der Waals surface area (Å²) >= 11 is 0. The van der Waals surface area contributed by atoms with Crippen LogP contribution in [0.4, 0.5) is 0 Å². The van der Waals surface area contributed by atoms with E-state index in [0.717, 1.165) is 51.4 Å². The fraction of sp³-hybridized carbons (Fsp3) is 0.877. The summed E-state index contributed by atoms with van der Waals surface area (Å²) in [6, 6.07) is -1.20. The zero-order valence-corrected chi connectivity index (χ0v) is 43.6. The van der Waals surface area contributed by atoms with Crippen LogP contribution in [-0.4, -0.2) is 110 Å². The van der Waals surface area contributed by atoms with Gasteiger partial charge in [-0.25, -0.2) is 0 Å². The molecule has 1 aliphatic rings. The molecule has 0 saturated carbocycles. The van der Waals surface area contributed by atoms with E-state index in [2.05, 4.69) is 55.6 Å². The first kappa shape index (κ1) is 64.3. The van der Waals surface area contributed by atoms with Crippen LogP contribution in [0.15, 0.2) is 36.5 Å². The van der Waals surface area contributed by atoms with Crippen LogP contribution in [-0.2, 0) is 14.3 Å². The summed E-state index contributed by atoms with van der Waals surface area (Å²) in [5.74, 6) is -0.726. The van der Waals surface area contributed by atoms with Crippen LogP contribution in [0.2, 0.25) is 0 Å². The van der Waals surface area contributed by atoms with Crippen LogP contribution >= 0.6 is 0 Å². The van der Waals surface area contributed by atoms with E-state index < -0.39 is 74.2 Å². The second-order valence-electron chi connectivity index (χ2n) is 20.0. The van der Waals surface area contributed by atoms with E-state index in [1.165, 1.54) is 154 Å². The minimum Gasteiger partial charge on any atom is -0.394 e. The number of nitrogens with one attached hydrogen (secondary N) is 1. The Kier molecular flexibility index (Phi) is 43.9. The second-order valence-corrected chi connectivity index (χ2v) is 20.0. The lowest BCUT2D eigenvalue weighted by molar-refractivity contribution is -0.303. The van der Waals surface area contributed by atoms with E-state index >= 15 is 0 Å². The third-order valence-corrected chi connectivity index (χ3v) is 13.6. The molecule has 0 aromatic rings. The normalized spacial score (nSPS) is 20.8. The summed E-state index contributed by atoms with van der Waals surface area (Å²) in [6.07, 6.45) is 45.5. The Hall–Kier alpha value is -1.67. The van der Waals surface area contributed by atoms with Crippen LogP contribution in [0.1, 0.15) is 251 Å². The van der Waals surface area contributed by atoms with Crippen molar-refractivity contribution < 1.29 is 50.0 Å². The van der Waals surface area contributed by atoms with Gasteiger partial charge in [0.15, 0.2) is 6.29 Å². The molecule has 0 radical (unpaired) electrons. The summed E-state index contributed by atoms with van der Waals surface area (Å²) in [5.41, 5.74) is 0. The van der Waals surface area contributed by atoms with Crippen molar-refractivity contribution in [2.75, 3.05) is 13.2 Å². The Morgan fingerprint density at radius 3 is 1.35 bits per heavy atom. The Morgan fingerprint density at radius 1 is 0.500 bits per heavy atom. The number of amides is 1. The maximum absolute atomic E-state index is 13.0. The van der Waals surface area contributed by atoms with Crippen molar-refractivity contribution in [1.29, 1.82) is 0 Å². The van der Waals surface area contributed by atoms with Gasteiger partial charge in [0, 0.05) is 0 Å². The van der Waals surface area contributed by atoms with E-state index in [9.17, 15) is 40.5 Å². The molecule has 0 aromatic heterocycles. The summed E-state index contributed by atoms with van der Waals surface area (Å²) < 4.78 is 11.1. The fourth-order valence-corrected chi connectivity index (χ4v) is 8.97. The summed E-state index contributed by atoms with van der Waals surface area (Å²) in [4.78, 5) is 13.0. The third-order valence-electron chi connectivity index (χ3n) is 13.6. The highest BCUT2D eigenvalue weighted by Gasteiger charge is 2.44. The number of ether oxygens (including phenoxy) is 2. The van der Waals surface area contributed by atoms with Gasteiger partial charge in [0.05, 0.1) is 25.4 Å². The van der Waals surface area contributed by atoms with E-state index in [1.54, 1.807) is 0 Å². The van der Waals surface area contributed by atoms with Gasteiger partial charge < -0.3 is 50.5 Å². The first-order valence-electron chi connectivity index (χ1n) is 28.4. The average Bonchev–Trinajstić information content (AvgIpc) is 3.34. The lowest BCUT2D eigenvalue weighted by atomic mass is 9.98. The van der Waals surface area contributed by atoms with Crippen LogP contribution < -0.4 is 5.32 Å². The van der Waals surface area contributed by atoms with Gasteiger partial charge in [0.2, 0.25) is 5.91 Å². The molecule has 11 heteroatoms. The molecule has 1 amide bonds. The molecular weight excluding hydrogens is 859 g/mol. The summed E-state index contributed by atoms with van der Waals surface area (Å²) in [6.45, 7) is 3.37. The van der Waals surface area contributed by atoms with Crippen LogP contribution in [0, 0.1) is 0 Å². The summed E-state index contributed by atoms with van der Waals surface area (Å²) in [7, 11) is 0. The van der Waals surface area contributed by atoms with E-state index in [-0.39, 0.29) is 12.8 Å². The maximum Gasteiger partial charge on any atom is 0.249 e. The highest BCUT2D eigenvalue weighted by atomic mass is 16.7. The molecule has 0 bridgehead atoms. The first-order valence-corrected chi connectivity index (χ1v) is 28.4. The molecule has 1 heterocycles. The molecule has 1 fully saturated rings. The van der Waals surface area contributed by atoms with Gasteiger partial charge >= 0.3 is 0 Å². The van der Waals surface area contributed by atoms with Gasteiger partial charge in [-0.1, -0.05) is 217 Å². The molecule has 9 atom stereocenters. The van der Waals surface area contributed by atoms with Crippen LogP contribution in [0.25, 0.3) is 0 Å². The molecule has 8 N–H and O–H groups in total. The Morgan fingerprint density at radius 2 is 0.897 bits per heavy atom. The van der Waals surface area contributed by atoms with Crippen LogP contribution in [0.5, 0.6) is 0 Å². The predicted octanol–water partition coefficient (Wildman–Crippen LogP) is 11.5. The van der Waals surface area contributed by atoms with Crippen molar-refractivity contribution in [1.82, 2.24) is 5.32 Å². The molecule has 1 rings (SSSR count). The number of hydrogen-bond donors (Lipinski definition) is 8. The third kappa shape index (κ3) is 34.6. The van der Waals surface area contributed by atoms with E-state index in [0.29, 0.717) is 19.3 Å².